The number of carbonyl (C=O) groups excluding carboxylic acids is 1. The normalized spacial score (nSPS) is 18.8. The molecule has 0 bridgehead atoms. The molecule has 2 atom stereocenters. The maximum absolute atomic E-state index is 12.3. The number of carboxylic acids is 1. The van der Waals surface area contributed by atoms with Crippen molar-refractivity contribution in [3.63, 3.8) is 0 Å². The van der Waals surface area contributed by atoms with Crippen molar-refractivity contribution in [3.8, 4) is 10.6 Å². The second-order valence-electron chi connectivity index (χ2n) is 6.28. The topological polar surface area (TPSA) is 82.5 Å². The maximum Gasteiger partial charge on any atom is 0.326 e. The van der Waals surface area contributed by atoms with Gasteiger partial charge in [0.2, 0.25) is 5.91 Å². The molecule has 132 valence electrons. The first-order valence-electron chi connectivity index (χ1n) is 8.27. The van der Waals surface area contributed by atoms with Gasteiger partial charge in [-0.05, 0) is 32.0 Å². The maximum atomic E-state index is 12.3. The van der Waals surface area contributed by atoms with E-state index in [0.29, 0.717) is 0 Å². The molecule has 0 saturated carbocycles. The van der Waals surface area contributed by atoms with Crippen LogP contribution in [0.2, 0.25) is 0 Å². The predicted molar refractivity (Wildman–Crippen MR) is 96.5 cm³/mol. The first kappa shape index (κ1) is 17.6. The number of nitrogens with one attached hydrogen (secondary N) is 1. The van der Waals surface area contributed by atoms with E-state index in [1.54, 1.807) is 17.5 Å². The van der Waals surface area contributed by atoms with Gasteiger partial charge in [-0.25, -0.2) is 9.78 Å². The molecule has 25 heavy (non-hydrogen) atoms. The van der Waals surface area contributed by atoms with Crippen LogP contribution < -0.4 is 5.32 Å². The molecular formula is C18H21N3O3S. The Bertz CT molecular complexity index is 731. The molecular weight excluding hydrogens is 338 g/mol. The van der Waals surface area contributed by atoms with Crippen molar-refractivity contribution in [1.29, 1.82) is 0 Å². The van der Waals surface area contributed by atoms with Gasteiger partial charge >= 0.3 is 5.97 Å². The van der Waals surface area contributed by atoms with Crippen LogP contribution in [0.4, 0.5) is 0 Å². The summed E-state index contributed by atoms with van der Waals surface area (Å²) in [7, 11) is 1.89. The van der Waals surface area contributed by atoms with Gasteiger partial charge in [0.15, 0.2) is 0 Å². The summed E-state index contributed by atoms with van der Waals surface area (Å²) >= 11 is 1.56. The van der Waals surface area contributed by atoms with Gasteiger partial charge in [0.1, 0.15) is 11.0 Å². The van der Waals surface area contributed by atoms with Crippen molar-refractivity contribution in [2.75, 3.05) is 13.6 Å². The van der Waals surface area contributed by atoms with Crippen LogP contribution in [0.25, 0.3) is 10.6 Å². The van der Waals surface area contributed by atoms with Gasteiger partial charge < -0.3 is 10.4 Å². The van der Waals surface area contributed by atoms with Crippen LogP contribution in [0.1, 0.15) is 18.4 Å². The van der Waals surface area contributed by atoms with Gasteiger partial charge in [-0.15, -0.1) is 11.3 Å². The number of aromatic nitrogens is 1. The predicted octanol–water partition coefficient (Wildman–Crippen LogP) is 2.02. The van der Waals surface area contributed by atoms with Crippen molar-refractivity contribution < 1.29 is 14.7 Å². The van der Waals surface area contributed by atoms with Crippen molar-refractivity contribution in [1.82, 2.24) is 15.2 Å². The Morgan fingerprint density at radius 2 is 2.16 bits per heavy atom. The molecule has 1 amide bonds. The monoisotopic (exact) mass is 359 g/mol. The lowest BCUT2D eigenvalue weighted by molar-refractivity contribution is -0.142. The fraction of sp³-hybridized carbons (Fsp3) is 0.389. The van der Waals surface area contributed by atoms with Gasteiger partial charge in [0.05, 0.1) is 6.04 Å². The Hall–Kier alpha value is -2.25. The van der Waals surface area contributed by atoms with E-state index in [-0.39, 0.29) is 18.4 Å². The van der Waals surface area contributed by atoms with Crippen LogP contribution in [0.5, 0.6) is 0 Å². The molecule has 1 aromatic carbocycles. The number of likely N-dealkylation sites (N-methyl/N-ethyl adjacent to an activating group) is 1. The largest absolute Gasteiger partial charge is 0.480 e. The molecule has 1 aromatic heterocycles. The Balaban J connectivity index is 1.65. The minimum atomic E-state index is -1.02. The molecule has 0 spiro atoms. The number of rotatable bonds is 6. The molecule has 2 aromatic rings. The third-order valence-corrected chi connectivity index (χ3v) is 5.33. The molecule has 2 N–H and O–H groups in total. The van der Waals surface area contributed by atoms with Gasteiger partial charge in [0, 0.05) is 23.6 Å². The van der Waals surface area contributed by atoms with E-state index in [0.717, 1.165) is 35.5 Å². The Morgan fingerprint density at radius 1 is 1.40 bits per heavy atom. The van der Waals surface area contributed by atoms with Crippen LogP contribution in [0, 0.1) is 0 Å². The highest BCUT2D eigenvalue weighted by Gasteiger charge is 2.30. The molecule has 0 unspecified atom stereocenters. The third kappa shape index (κ3) is 4.24. The summed E-state index contributed by atoms with van der Waals surface area (Å²) in [5.74, 6) is -1.22. The third-order valence-electron chi connectivity index (χ3n) is 4.51. The smallest absolute Gasteiger partial charge is 0.326 e. The van der Waals surface area contributed by atoms with Gasteiger partial charge in [-0.2, -0.15) is 0 Å². The lowest BCUT2D eigenvalue weighted by Gasteiger charge is -2.22. The first-order valence-corrected chi connectivity index (χ1v) is 9.15. The number of hydrogen-bond donors (Lipinski definition) is 2. The molecule has 1 aliphatic heterocycles. The zero-order chi connectivity index (χ0) is 17.8. The number of benzene rings is 1. The van der Waals surface area contributed by atoms with E-state index in [2.05, 4.69) is 10.3 Å². The summed E-state index contributed by atoms with van der Waals surface area (Å²) in [5.41, 5.74) is 1.87. The average Bonchev–Trinajstić information content (AvgIpc) is 3.26. The summed E-state index contributed by atoms with van der Waals surface area (Å²) in [5, 5.41) is 15.0. The van der Waals surface area contributed by atoms with Crippen LogP contribution in [-0.4, -0.2) is 52.5 Å². The lowest BCUT2D eigenvalue weighted by atomic mass is 10.0. The van der Waals surface area contributed by atoms with E-state index in [9.17, 15) is 14.7 Å². The SMILES string of the molecule is CN1CCC[C@H]1C(=O)N[C@@H](Cc1ccc(-c2nccs2)cc1)C(=O)O. The quantitative estimate of drug-likeness (QED) is 0.824. The second kappa shape index (κ2) is 7.76. The van der Waals surface area contributed by atoms with E-state index < -0.39 is 12.0 Å². The molecule has 2 heterocycles. The van der Waals surface area contributed by atoms with Gasteiger partial charge in [-0.3, -0.25) is 9.69 Å². The number of thiazole rings is 1. The number of amides is 1. The standard InChI is InChI=1S/C18H21N3O3S/c1-21-9-2-3-15(21)16(22)20-14(18(23)24)11-12-4-6-13(7-5-12)17-19-8-10-25-17/h4-8,10,14-15H,2-3,9,11H2,1H3,(H,20,22)(H,23,24)/t14-,15-/m0/s1. The van der Waals surface area contributed by atoms with Crippen molar-refractivity contribution in [2.24, 2.45) is 0 Å². The van der Waals surface area contributed by atoms with Crippen molar-refractivity contribution in [2.45, 2.75) is 31.3 Å². The number of carboxylic acid groups (broad SMARTS) is 1. The van der Waals surface area contributed by atoms with Crippen LogP contribution >= 0.6 is 11.3 Å². The summed E-state index contributed by atoms with van der Waals surface area (Å²) in [4.78, 5) is 30.1. The summed E-state index contributed by atoms with van der Waals surface area (Å²) in [6, 6.07) is 6.49. The highest BCUT2D eigenvalue weighted by atomic mass is 32.1. The number of carbonyl (C=O) groups is 2. The highest BCUT2D eigenvalue weighted by molar-refractivity contribution is 7.13. The average molecular weight is 359 g/mol. The Labute approximate surface area is 150 Å². The first-order chi connectivity index (χ1) is 12.0. The van der Waals surface area contributed by atoms with Gasteiger partial charge in [-0.1, -0.05) is 24.3 Å². The Kier molecular flexibility index (Phi) is 5.45. The summed E-state index contributed by atoms with van der Waals surface area (Å²) < 4.78 is 0. The summed E-state index contributed by atoms with van der Waals surface area (Å²) in [6.07, 6.45) is 3.75. The van der Waals surface area contributed by atoms with E-state index in [1.165, 1.54) is 0 Å². The zero-order valence-electron chi connectivity index (χ0n) is 14.0. The molecule has 1 aliphatic rings. The zero-order valence-corrected chi connectivity index (χ0v) is 14.8. The second-order valence-corrected chi connectivity index (χ2v) is 7.17. The molecule has 1 fully saturated rings. The summed E-state index contributed by atoms with van der Waals surface area (Å²) in [6.45, 7) is 0.869. The van der Waals surface area contributed by atoms with Gasteiger partial charge in [0.25, 0.3) is 0 Å². The van der Waals surface area contributed by atoms with Crippen molar-refractivity contribution >= 4 is 23.2 Å². The molecule has 1 saturated heterocycles. The molecule has 6 nitrogen and oxygen atoms in total. The minimum Gasteiger partial charge on any atom is -0.480 e. The molecule has 7 heteroatoms. The molecule has 3 rings (SSSR count). The van der Waals surface area contributed by atoms with Crippen LogP contribution in [0.3, 0.4) is 0 Å². The molecule has 0 aliphatic carbocycles. The Morgan fingerprint density at radius 3 is 2.72 bits per heavy atom. The number of likely N-dealkylation sites (tertiary alicyclic amines) is 1. The van der Waals surface area contributed by atoms with E-state index in [1.807, 2.05) is 41.6 Å². The van der Waals surface area contributed by atoms with E-state index >= 15 is 0 Å². The lowest BCUT2D eigenvalue weighted by Crippen LogP contribution is -2.49. The number of nitrogens with zero attached hydrogens (tertiary/aromatic N) is 2. The van der Waals surface area contributed by atoms with Crippen LogP contribution in [0.15, 0.2) is 35.8 Å². The fourth-order valence-electron chi connectivity index (χ4n) is 3.09. The van der Waals surface area contributed by atoms with Crippen molar-refractivity contribution in [3.05, 3.63) is 41.4 Å². The highest BCUT2D eigenvalue weighted by Crippen LogP contribution is 2.22. The fourth-order valence-corrected chi connectivity index (χ4v) is 3.74. The molecule has 0 radical (unpaired) electrons. The van der Waals surface area contributed by atoms with E-state index in [4.69, 9.17) is 0 Å². The van der Waals surface area contributed by atoms with Crippen LogP contribution in [-0.2, 0) is 16.0 Å². The minimum absolute atomic E-state index is 0.202. The number of aliphatic carboxylic acids is 1. The number of hydrogen-bond acceptors (Lipinski definition) is 5.